The number of aliphatic hydroxyl groups excluding tert-OH is 2. The average molecular weight is 312 g/mol. The van der Waals surface area contributed by atoms with Gasteiger partial charge >= 0.3 is 5.97 Å². The monoisotopic (exact) mass is 312 g/mol. The standard InChI is InChI=1S/C15H20O7/c1-5-4-7-8(6(2)14(19)21-7)9(16)12(17)15(3,20)13(18)11-10(5)22-11/h5,7-12,16-17,20H,2,4H2,1,3H3. The second kappa shape index (κ2) is 4.86. The van der Waals surface area contributed by atoms with Gasteiger partial charge in [-0.05, 0) is 19.3 Å². The molecule has 122 valence electrons. The number of ketones is 1. The van der Waals surface area contributed by atoms with Gasteiger partial charge in [-0.2, -0.15) is 0 Å². The van der Waals surface area contributed by atoms with E-state index in [0.717, 1.165) is 6.92 Å². The Morgan fingerprint density at radius 1 is 1.32 bits per heavy atom. The zero-order chi connectivity index (χ0) is 16.4. The van der Waals surface area contributed by atoms with Crippen LogP contribution in [0.3, 0.4) is 0 Å². The molecule has 0 spiro atoms. The summed E-state index contributed by atoms with van der Waals surface area (Å²) in [5, 5.41) is 31.0. The van der Waals surface area contributed by atoms with Gasteiger partial charge in [-0.3, -0.25) is 4.79 Å². The van der Waals surface area contributed by atoms with E-state index >= 15 is 0 Å². The minimum Gasteiger partial charge on any atom is -0.458 e. The minimum atomic E-state index is -2.17. The molecule has 3 N–H and O–H groups in total. The first kappa shape index (κ1) is 15.6. The Kier molecular flexibility index (Phi) is 3.45. The van der Waals surface area contributed by atoms with E-state index in [1.54, 1.807) is 0 Å². The third-order valence-corrected chi connectivity index (χ3v) is 5.04. The van der Waals surface area contributed by atoms with E-state index in [1.807, 2.05) is 6.92 Å². The van der Waals surface area contributed by atoms with E-state index in [4.69, 9.17) is 9.47 Å². The Bertz CT molecular complexity index is 540. The van der Waals surface area contributed by atoms with Gasteiger partial charge in [-0.1, -0.05) is 13.5 Å². The number of carbonyl (C=O) groups excluding carboxylic acids is 2. The van der Waals surface area contributed by atoms with Gasteiger partial charge in [0.2, 0.25) is 0 Å². The van der Waals surface area contributed by atoms with Gasteiger partial charge in [0.05, 0.1) is 18.1 Å². The van der Waals surface area contributed by atoms with E-state index in [2.05, 4.69) is 6.58 Å². The van der Waals surface area contributed by atoms with Crippen LogP contribution in [0.25, 0.3) is 0 Å². The van der Waals surface area contributed by atoms with Gasteiger partial charge < -0.3 is 24.8 Å². The summed E-state index contributed by atoms with van der Waals surface area (Å²) in [6.07, 6.45) is -4.76. The fourth-order valence-electron chi connectivity index (χ4n) is 3.50. The molecule has 8 atom stereocenters. The van der Waals surface area contributed by atoms with E-state index in [-0.39, 0.29) is 17.6 Å². The van der Waals surface area contributed by atoms with Crippen molar-refractivity contribution in [2.75, 3.05) is 0 Å². The Hall–Kier alpha value is -1.28. The smallest absolute Gasteiger partial charge is 0.334 e. The fourth-order valence-corrected chi connectivity index (χ4v) is 3.50. The van der Waals surface area contributed by atoms with Crippen LogP contribution in [0.1, 0.15) is 20.3 Å². The molecule has 0 bridgehead atoms. The maximum atomic E-state index is 12.3. The van der Waals surface area contributed by atoms with Crippen LogP contribution in [0.5, 0.6) is 0 Å². The zero-order valence-corrected chi connectivity index (χ0v) is 12.4. The molecule has 22 heavy (non-hydrogen) atoms. The second-order valence-electron chi connectivity index (χ2n) is 6.68. The summed E-state index contributed by atoms with van der Waals surface area (Å²) in [5.74, 6) is -2.25. The molecule has 0 aromatic carbocycles. The SMILES string of the molecule is C=C1C(=O)OC2CC(C)C3OC3C(=O)C(C)(O)C(O)C(O)C12. The molecule has 2 aliphatic heterocycles. The number of rotatable bonds is 0. The molecule has 2 heterocycles. The van der Waals surface area contributed by atoms with Gasteiger partial charge in [-0.25, -0.2) is 4.79 Å². The molecule has 1 aliphatic carbocycles. The number of fused-ring (bicyclic) bond motifs is 2. The summed E-state index contributed by atoms with van der Waals surface area (Å²) < 4.78 is 10.6. The third kappa shape index (κ3) is 2.11. The van der Waals surface area contributed by atoms with E-state index in [0.29, 0.717) is 6.42 Å². The van der Waals surface area contributed by atoms with Crippen molar-refractivity contribution in [3.63, 3.8) is 0 Å². The summed E-state index contributed by atoms with van der Waals surface area (Å²) in [4.78, 5) is 24.0. The van der Waals surface area contributed by atoms with Gasteiger partial charge in [0, 0.05) is 5.57 Å². The van der Waals surface area contributed by atoms with Crippen molar-refractivity contribution in [2.24, 2.45) is 11.8 Å². The summed E-state index contributed by atoms with van der Waals surface area (Å²) in [7, 11) is 0. The predicted octanol–water partition coefficient (Wildman–Crippen LogP) is -1.07. The lowest BCUT2D eigenvalue weighted by molar-refractivity contribution is -0.165. The molecule has 7 heteroatoms. The van der Waals surface area contributed by atoms with Crippen LogP contribution in [0.4, 0.5) is 0 Å². The molecule has 0 radical (unpaired) electrons. The van der Waals surface area contributed by atoms with Crippen LogP contribution in [0, 0.1) is 11.8 Å². The Balaban J connectivity index is 1.99. The van der Waals surface area contributed by atoms with Crippen molar-refractivity contribution < 1.29 is 34.4 Å². The first-order chi connectivity index (χ1) is 10.2. The predicted molar refractivity (Wildman–Crippen MR) is 72.6 cm³/mol. The number of epoxide rings is 1. The number of hydrogen-bond donors (Lipinski definition) is 3. The average Bonchev–Trinajstić information content (AvgIpc) is 3.19. The lowest BCUT2D eigenvalue weighted by atomic mass is 9.76. The first-order valence-corrected chi connectivity index (χ1v) is 7.34. The van der Waals surface area contributed by atoms with Crippen LogP contribution in [-0.4, -0.2) is 63.2 Å². The molecule has 0 aromatic heterocycles. The van der Waals surface area contributed by atoms with Gasteiger partial charge in [0.15, 0.2) is 11.4 Å². The van der Waals surface area contributed by atoms with E-state index < -0.39 is 47.7 Å². The van der Waals surface area contributed by atoms with Crippen molar-refractivity contribution >= 4 is 11.8 Å². The minimum absolute atomic E-state index is 0.0424. The van der Waals surface area contributed by atoms with Crippen molar-refractivity contribution in [3.05, 3.63) is 12.2 Å². The van der Waals surface area contributed by atoms with Crippen molar-refractivity contribution in [3.8, 4) is 0 Å². The number of esters is 1. The molecule has 8 unspecified atom stereocenters. The van der Waals surface area contributed by atoms with Crippen molar-refractivity contribution in [1.82, 2.24) is 0 Å². The highest BCUT2D eigenvalue weighted by Crippen LogP contribution is 2.43. The zero-order valence-electron chi connectivity index (χ0n) is 12.4. The highest BCUT2D eigenvalue weighted by molar-refractivity contribution is 5.94. The van der Waals surface area contributed by atoms with Gasteiger partial charge in [0.25, 0.3) is 0 Å². The molecule has 0 amide bonds. The normalized spacial score (nSPS) is 51.9. The van der Waals surface area contributed by atoms with Crippen LogP contribution in [-0.2, 0) is 19.1 Å². The number of aliphatic hydroxyl groups is 3. The van der Waals surface area contributed by atoms with E-state index in [9.17, 15) is 24.9 Å². The summed E-state index contributed by atoms with van der Waals surface area (Å²) in [5.41, 5.74) is -2.13. The van der Waals surface area contributed by atoms with Crippen LogP contribution in [0.2, 0.25) is 0 Å². The van der Waals surface area contributed by atoms with Crippen molar-refractivity contribution in [2.45, 2.75) is 56.4 Å². The molecular formula is C15H20O7. The molecule has 0 aromatic rings. The number of carbonyl (C=O) groups is 2. The molecular weight excluding hydrogens is 292 g/mol. The topological polar surface area (TPSA) is 117 Å². The number of ether oxygens (including phenoxy) is 2. The lowest BCUT2D eigenvalue weighted by Crippen LogP contribution is -2.57. The Morgan fingerprint density at radius 3 is 2.59 bits per heavy atom. The molecule has 7 nitrogen and oxygen atoms in total. The fraction of sp³-hybridized carbons (Fsp3) is 0.733. The largest absolute Gasteiger partial charge is 0.458 e. The maximum absolute atomic E-state index is 12.3. The van der Waals surface area contributed by atoms with Crippen LogP contribution < -0.4 is 0 Å². The van der Waals surface area contributed by atoms with Crippen molar-refractivity contribution in [1.29, 1.82) is 0 Å². The maximum Gasteiger partial charge on any atom is 0.334 e. The summed E-state index contributed by atoms with van der Waals surface area (Å²) in [6.45, 7) is 6.60. The van der Waals surface area contributed by atoms with Crippen LogP contribution >= 0.6 is 0 Å². The molecule has 1 saturated carbocycles. The lowest BCUT2D eigenvalue weighted by Gasteiger charge is -2.35. The van der Waals surface area contributed by atoms with Gasteiger partial charge in [0.1, 0.15) is 18.3 Å². The molecule has 3 rings (SSSR count). The van der Waals surface area contributed by atoms with Gasteiger partial charge in [-0.15, -0.1) is 0 Å². The summed E-state index contributed by atoms with van der Waals surface area (Å²) >= 11 is 0. The molecule has 3 fully saturated rings. The third-order valence-electron chi connectivity index (χ3n) is 5.04. The van der Waals surface area contributed by atoms with Crippen LogP contribution in [0.15, 0.2) is 12.2 Å². The number of hydrogen-bond acceptors (Lipinski definition) is 7. The number of Topliss-reactive ketones (excluding diaryl/α,β-unsaturated/α-hetero) is 1. The van der Waals surface area contributed by atoms with E-state index in [1.165, 1.54) is 0 Å². The Morgan fingerprint density at radius 2 is 1.95 bits per heavy atom. The molecule has 2 saturated heterocycles. The second-order valence-corrected chi connectivity index (χ2v) is 6.68. The first-order valence-electron chi connectivity index (χ1n) is 7.34. The Labute approximate surface area is 127 Å². The quantitative estimate of drug-likeness (QED) is 0.296. The summed E-state index contributed by atoms with van der Waals surface area (Å²) in [6, 6.07) is 0. The highest BCUT2D eigenvalue weighted by atomic mass is 16.6. The molecule has 3 aliphatic rings. The highest BCUT2D eigenvalue weighted by Gasteiger charge is 2.60.